The molecule has 1 aromatic carbocycles. The van der Waals surface area contributed by atoms with E-state index in [1.807, 2.05) is 31.2 Å². The lowest BCUT2D eigenvalue weighted by atomic mass is 9.97. The average molecular weight is 360 g/mol. The average Bonchev–Trinajstić information content (AvgIpc) is 2.98. The van der Waals surface area contributed by atoms with Gasteiger partial charge in [0, 0.05) is 18.3 Å². The third-order valence-corrected chi connectivity index (χ3v) is 3.87. The van der Waals surface area contributed by atoms with Crippen LogP contribution in [-0.2, 0) is 16.6 Å². The van der Waals surface area contributed by atoms with Crippen LogP contribution in [0.3, 0.4) is 0 Å². The van der Waals surface area contributed by atoms with Crippen LogP contribution in [0.5, 0.6) is 11.5 Å². The van der Waals surface area contributed by atoms with Crippen molar-refractivity contribution in [2.45, 2.75) is 46.0 Å². The van der Waals surface area contributed by atoms with Gasteiger partial charge in [-0.1, -0.05) is 20.8 Å². The summed E-state index contributed by atoms with van der Waals surface area (Å²) in [5.74, 6) is 2.98. The maximum atomic E-state index is 12.0. The van der Waals surface area contributed by atoms with Gasteiger partial charge in [-0.15, -0.1) is 0 Å². The van der Waals surface area contributed by atoms with Crippen LogP contribution in [0.2, 0.25) is 0 Å². The summed E-state index contributed by atoms with van der Waals surface area (Å²) in [6.07, 6.45) is 0.905. The summed E-state index contributed by atoms with van der Waals surface area (Å²) in [7, 11) is 1.62. The highest BCUT2D eigenvalue weighted by molar-refractivity contribution is 5.76. The van der Waals surface area contributed by atoms with Gasteiger partial charge >= 0.3 is 0 Å². The smallest absolute Gasteiger partial charge is 0.220 e. The maximum absolute atomic E-state index is 12.0. The van der Waals surface area contributed by atoms with Crippen molar-refractivity contribution in [1.29, 1.82) is 0 Å². The highest BCUT2D eigenvalue weighted by Crippen LogP contribution is 2.24. The molecule has 0 aliphatic carbocycles. The van der Waals surface area contributed by atoms with Crippen molar-refractivity contribution in [3.8, 4) is 11.5 Å². The number of hydrogen-bond donors (Lipinski definition) is 1. The molecule has 6 heteroatoms. The number of ether oxygens (including phenoxy) is 2. The predicted octanol–water partition coefficient (Wildman–Crippen LogP) is 3.42. The highest BCUT2D eigenvalue weighted by atomic mass is 16.5. The van der Waals surface area contributed by atoms with E-state index in [-0.39, 0.29) is 11.3 Å². The first-order chi connectivity index (χ1) is 12.3. The number of carbonyl (C=O) groups is 1. The molecule has 0 fully saturated rings. The van der Waals surface area contributed by atoms with Gasteiger partial charge in [0.1, 0.15) is 23.9 Å². The molecule has 0 saturated carbocycles. The van der Waals surface area contributed by atoms with Crippen molar-refractivity contribution >= 4 is 5.91 Å². The zero-order valence-electron chi connectivity index (χ0n) is 16.2. The Morgan fingerprint density at radius 2 is 1.85 bits per heavy atom. The lowest BCUT2D eigenvalue weighted by Crippen LogP contribution is -2.28. The number of carbonyl (C=O) groups excluding carboxylic acids is 1. The predicted molar refractivity (Wildman–Crippen MR) is 99.8 cm³/mol. The van der Waals surface area contributed by atoms with Crippen LogP contribution in [0.15, 0.2) is 28.7 Å². The summed E-state index contributed by atoms with van der Waals surface area (Å²) in [6.45, 7) is 8.93. The standard InChI is InChI=1S/C20H28N2O4/c1-14-17(26-19(22-14)20(2,3)4)10-11-18(23)21-12-13-25-16-8-6-15(24-5)7-9-16/h6-9H,10-13H2,1-5H3,(H,21,23). The second-order valence-corrected chi connectivity index (χ2v) is 7.15. The normalized spacial score (nSPS) is 11.3. The first-order valence-electron chi connectivity index (χ1n) is 8.80. The first kappa shape index (κ1) is 19.8. The molecule has 2 rings (SSSR count). The number of aromatic nitrogens is 1. The van der Waals surface area contributed by atoms with Gasteiger partial charge in [0.05, 0.1) is 19.3 Å². The highest BCUT2D eigenvalue weighted by Gasteiger charge is 2.22. The Morgan fingerprint density at radius 3 is 2.42 bits per heavy atom. The molecular formula is C20H28N2O4. The number of benzene rings is 1. The molecule has 0 unspecified atom stereocenters. The second kappa shape index (κ2) is 8.74. The minimum absolute atomic E-state index is 0.0311. The van der Waals surface area contributed by atoms with Crippen LogP contribution >= 0.6 is 0 Å². The molecule has 0 spiro atoms. The van der Waals surface area contributed by atoms with Crippen molar-refractivity contribution < 1.29 is 18.7 Å². The lowest BCUT2D eigenvalue weighted by molar-refractivity contribution is -0.121. The Bertz CT molecular complexity index is 714. The van der Waals surface area contributed by atoms with Gasteiger partial charge in [-0.3, -0.25) is 4.79 Å². The van der Waals surface area contributed by atoms with E-state index in [2.05, 4.69) is 31.1 Å². The van der Waals surface area contributed by atoms with Crippen LogP contribution in [0.4, 0.5) is 0 Å². The fourth-order valence-electron chi connectivity index (χ4n) is 2.33. The summed E-state index contributed by atoms with van der Waals surface area (Å²) < 4.78 is 16.5. The Balaban J connectivity index is 1.70. The van der Waals surface area contributed by atoms with Crippen LogP contribution in [-0.4, -0.2) is 31.2 Å². The largest absolute Gasteiger partial charge is 0.497 e. The van der Waals surface area contributed by atoms with Gasteiger partial charge in [0.2, 0.25) is 5.91 Å². The second-order valence-electron chi connectivity index (χ2n) is 7.15. The van der Waals surface area contributed by atoms with Crippen LogP contribution in [0.25, 0.3) is 0 Å². The molecule has 0 radical (unpaired) electrons. The van der Waals surface area contributed by atoms with Crippen molar-refractivity contribution in [2.75, 3.05) is 20.3 Å². The van der Waals surface area contributed by atoms with Crippen molar-refractivity contribution in [3.05, 3.63) is 41.6 Å². The molecule has 2 aromatic rings. The number of rotatable bonds is 8. The molecule has 6 nitrogen and oxygen atoms in total. The molecule has 0 saturated heterocycles. The van der Waals surface area contributed by atoms with Crippen molar-refractivity contribution in [3.63, 3.8) is 0 Å². The summed E-state index contributed by atoms with van der Waals surface area (Å²) in [6, 6.07) is 7.33. The molecule has 142 valence electrons. The number of nitrogens with one attached hydrogen (secondary N) is 1. The van der Waals surface area contributed by atoms with E-state index in [1.54, 1.807) is 7.11 Å². The SMILES string of the molecule is COc1ccc(OCCNC(=O)CCc2oc(C(C)(C)C)nc2C)cc1. The molecule has 1 amide bonds. The summed E-state index contributed by atoms with van der Waals surface area (Å²) >= 11 is 0. The van der Waals surface area contributed by atoms with E-state index >= 15 is 0 Å². The molecule has 0 bridgehead atoms. The molecule has 1 heterocycles. The fraction of sp³-hybridized carbons (Fsp3) is 0.500. The zero-order valence-corrected chi connectivity index (χ0v) is 16.2. The summed E-state index contributed by atoms with van der Waals surface area (Å²) in [4.78, 5) is 16.4. The monoisotopic (exact) mass is 360 g/mol. The number of aryl methyl sites for hydroxylation is 2. The Hall–Kier alpha value is -2.50. The zero-order chi connectivity index (χ0) is 19.2. The Kier molecular flexibility index (Phi) is 6.66. The molecule has 1 N–H and O–H groups in total. The van der Waals surface area contributed by atoms with Crippen molar-refractivity contribution in [1.82, 2.24) is 10.3 Å². The molecule has 0 atom stereocenters. The van der Waals surface area contributed by atoms with E-state index in [0.29, 0.717) is 31.9 Å². The molecular weight excluding hydrogens is 332 g/mol. The van der Waals surface area contributed by atoms with Gasteiger partial charge in [-0.2, -0.15) is 0 Å². The van der Waals surface area contributed by atoms with Gasteiger partial charge in [-0.25, -0.2) is 4.98 Å². The van der Waals surface area contributed by atoms with Crippen molar-refractivity contribution in [2.24, 2.45) is 0 Å². The molecule has 26 heavy (non-hydrogen) atoms. The van der Waals surface area contributed by atoms with E-state index < -0.39 is 0 Å². The van der Waals surface area contributed by atoms with E-state index in [4.69, 9.17) is 13.9 Å². The van der Waals surface area contributed by atoms with Gasteiger partial charge < -0.3 is 19.2 Å². The molecule has 1 aromatic heterocycles. The topological polar surface area (TPSA) is 73.6 Å². The first-order valence-corrected chi connectivity index (χ1v) is 8.80. The minimum atomic E-state index is -0.135. The number of nitrogens with zero attached hydrogens (tertiary/aromatic N) is 1. The van der Waals surface area contributed by atoms with Gasteiger partial charge in [0.25, 0.3) is 0 Å². The lowest BCUT2D eigenvalue weighted by Gasteiger charge is -2.12. The minimum Gasteiger partial charge on any atom is -0.497 e. The number of hydrogen-bond acceptors (Lipinski definition) is 5. The van der Waals surface area contributed by atoms with E-state index in [1.165, 1.54) is 0 Å². The maximum Gasteiger partial charge on any atom is 0.220 e. The molecule has 0 aliphatic heterocycles. The quantitative estimate of drug-likeness (QED) is 0.730. The number of amides is 1. The third kappa shape index (κ3) is 5.79. The van der Waals surface area contributed by atoms with Crippen LogP contribution < -0.4 is 14.8 Å². The number of oxazole rings is 1. The van der Waals surface area contributed by atoms with Gasteiger partial charge in [0.15, 0.2) is 5.89 Å². The summed E-state index contributed by atoms with van der Waals surface area (Å²) in [5.41, 5.74) is 0.718. The van der Waals surface area contributed by atoms with E-state index in [9.17, 15) is 4.79 Å². The Morgan fingerprint density at radius 1 is 1.19 bits per heavy atom. The van der Waals surface area contributed by atoms with E-state index in [0.717, 1.165) is 23.0 Å². The fourth-order valence-corrected chi connectivity index (χ4v) is 2.33. The van der Waals surface area contributed by atoms with Crippen LogP contribution in [0.1, 0.15) is 44.5 Å². The number of methoxy groups -OCH3 is 1. The Labute approximate surface area is 154 Å². The van der Waals surface area contributed by atoms with Crippen LogP contribution in [0, 0.1) is 6.92 Å². The van der Waals surface area contributed by atoms with Gasteiger partial charge in [-0.05, 0) is 31.2 Å². The third-order valence-electron chi connectivity index (χ3n) is 3.87. The molecule has 0 aliphatic rings. The summed E-state index contributed by atoms with van der Waals surface area (Å²) in [5, 5.41) is 2.85.